The van der Waals surface area contributed by atoms with E-state index in [9.17, 15) is 0 Å². The summed E-state index contributed by atoms with van der Waals surface area (Å²) in [6.45, 7) is 4.63. The minimum atomic E-state index is 0.746. The molecule has 2 aromatic rings. The average molecular weight is 267 g/mol. The Morgan fingerprint density at radius 2 is 2.15 bits per heavy atom. The molecule has 0 bridgehead atoms. The van der Waals surface area contributed by atoms with Gasteiger partial charge >= 0.3 is 0 Å². The third-order valence-corrected chi connectivity index (χ3v) is 4.73. The number of rotatable bonds is 2. The highest BCUT2D eigenvalue weighted by molar-refractivity contribution is 5.92. The SMILES string of the molecule is C1=C(c2c[nH]c3ccccc23)CCN(C2CCNC2)C1. The van der Waals surface area contributed by atoms with Crippen molar-refractivity contribution in [2.75, 3.05) is 26.2 Å². The highest BCUT2D eigenvalue weighted by Crippen LogP contribution is 2.29. The molecule has 1 fully saturated rings. The molecule has 3 nitrogen and oxygen atoms in total. The van der Waals surface area contributed by atoms with Gasteiger partial charge in [0.25, 0.3) is 0 Å². The van der Waals surface area contributed by atoms with Crippen LogP contribution in [-0.2, 0) is 0 Å². The van der Waals surface area contributed by atoms with Crippen LogP contribution in [0.2, 0.25) is 0 Å². The van der Waals surface area contributed by atoms with E-state index < -0.39 is 0 Å². The molecular weight excluding hydrogens is 246 g/mol. The van der Waals surface area contributed by atoms with Gasteiger partial charge in [-0.2, -0.15) is 0 Å². The van der Waals surface area contributed by atoms with E-state index in [0.717, 1.165) is 19.1 Å². The van der Waals surface area contributed by atoms with Crippen molar-refractivity contribution in [2.24, 2.45) is 0 Å². The van der Waals surface area contributed by atoms with Crippen molar-refractivity contribution >= 4 is 16.5 Å². The quantitative estimate of drug-likeness (QED) is 0.876. The Morgan fingerprint density at radius 1 is 1.20 bits per heavy atom. The molecular formula is C17H21N3. The number of aromatic amines is 1. The monoisotopic (exact) mass is 267 g/mol. The topological polar surface area (TPSA) is 31.1 Å². The standard InChI is InChI=1S/C17H21N3/c1-2-4-17-15(3-1)16(12-19-17)13-6-9-20(10-7-13)14-5-8-18-11-14/h1-4,6,12,14,18-19H,5,7-11H2. The number of aromatic nitrogens is 1. The third-order valence-electron chi connectivity index (χ3n) is 4.73. The van der Waals surface area contributed by atoms with Gasteiger partial charge in [-0.25, -0.2) is 0 Å². The first-order chi connectivity index (χ1) is 9.92. The first-order valence-electron chi connectivity index (χ1n) is 7.62. The van der Waals surface area contributed by atoms with Gasteiger partial charge in [0.15, 0.2) is 0 Å². The van der Waals surface area contributed by atoms with Gasteiger partial charge in [-0.1, -0.05) is 24.3 Å². The zero-order valence-corrected chi connectivity index (χ0v) is 11.7. The fourth-order valence-electron chi connectivity index (χ4n) is 3.55. The smallest absolute Gasteiger partial charge is 0.0460 e. The molecule has 20 heavy (non-hydrogen) atoms. The van der Waals surface area contributed by atoms with E-state index in [1.807, 2.05) is 0 Å². The lowest BCUT2D eigenvalue weighted by Crippen LogP contribution is -2.39. The number of para-hydroxylation sites is 1. The Kier molecular flexibility index (Phi) is 3.09. The van der Waals surface area contributed by atoms with Crippen molar-refractivity contribution in [1.82, 2.24) is 15.2 Å². The molecule has 2 N–H and O–H groups in total. The van der Waals surface area contributed by atoms with Crippen LogP contribution in [0.25, 0.3) is 16.5 Å². The van der Waals surface area contributed by atoms with Gasteiger partial charge in [0.2, 0.25) is 0 Å². The van der Waals surface area contributed by atoms with E-state index in [1.165, 1.54) is 48.0 Å². The van der Waals surface area contributed by atoms with Crippen molar-refractivity contribution in [3.05, 3.63) is 42.1 Å². The van der Waals surface area contributed by atoms with E-state index in [2.05, 4.69) is 51.7 Å². The first-order valence-corrected chi connectivity index (χ1v) is 7.62. The van der Waals surface area contributed by atoms with Gasteiger partial charge < -0.3 is 10.3 Å². The molecule has 1 saturated heterocycles. The normalized spacial score (nSPS) is 24.2. The summed E-state index contributed by atoms with van der Waals surface area (Å²) in [6, 6.07) is 9.33. The van der Waals surface area contributed by atoms with E-state index in [4.69, 9.17) is 0 Å². The van der Waals surface area contributed by atoms with Crippen molar-refractivity contribution < 1.29 is 0 Å². The summed E-state index contributed by atoms with van der Waals surface area (Å²) in [4.78, 5) is 6.01. The highest BCUT2D eigenvalue weighted by Gasteiger charge is 2.24. The van der Waals surface area contributed by atoms with E-state index >= 15 is 0 Å². The Hall–Kier alpha value is -1.58. The number of hydrogen-bond acceptors (Lipinski definition) is 2. The summed E-state index contributed by atoms with van der Waals surface area (Å²) >= 11 is 0. The molecule has 104 valence electrons. The van der Waals surface area contributed by atoms with E-state index in [0.29, 0.717) is 0 Å². The second kappa shape index (κ2) is 5.08. The summed E-state index contributed by atoms with van der Waals surface area (Å²) in [6.07, 6.45) is 7.06. The van der Waals surface area contributed by atoms with Crippen LogP contribution in [0, 0.1) is 0 Å². The van der Waals surface area contributed by atoms with Gasteiger partial charge in [0.1, 0.15) is 0 Å². The molecule has 0 amide bonds. The molecule has 0 spiro atoms. The number of fused-ring (bicyclic) bond motifs is 1. The average Bonchev–Trinajstić information content (AvgIpc) is 3.17. The maximum Gasteiger partial charge on any atom is 0.0460 e. The van der Waals surface area contributed by atoms with Crippen LogP contribution < -0.4 is 5.32 Å². The Morgan fingerprint density at radius 3 is 2.95 bits per heavy atom. The van der Waals surface area contributed by atoms with Crippen molar-refractivity contribution in [2.45, 2.75) is 18.9 Å². The predicted octanol–water partition coefficient (Wildman–Crippen LogP) is 2.62. The molecule has 4 rings (SSSR count). The fourth-order valence-corrected chi connectivity index (χ4v) is 3.55. The predicted molar refractivity (Wildman–Crippen MR) is 83.7 cm³/mol. The Bertz CT molecular complexity index is 634. The molecule has 0 aliphatic carbocycles. The Labute approximate surface area is 119 Å². The van der Waals surface area contributed by atoms with E-state index in [-0.39, 0.29) is 0 Å². The first kappa shape index (κ1) is 12.2. The molecule has 1 unspecified atom stereocenters. The maximum absolute atomic E-state index is 3.47. The highest BCUT2D eigenvalue weighted by atomic mass is 15.2. The van der Waals surface area contributed by atoms with Crippen LogP contribution in [0.1, 0.15) is 18.4 Å². The molecule has 1 aromatic carbocycles. The van der Waals surface area contributed by atoms with Crippen LogP contribution in [0.15, 0.2) is 36.5 Å². The molecule has 2 aliphatic rings. The molecule has 0 radical (unpaired) electrons. The van der Waals surface area contributed by atoms with Gasteiger partial charge in [-0.3, -0.25) is 4.90 Å². The molecule has 1 aromatic heterocycles. The molecule has 0 saturated carbocycles. The Balaban J connectivity index is 1.58. The second-order valence-corrected chi connectivity index (χ2v) is 5.87. The summed E-state index contributed by atoms with van der Waals surface area (Å²) in [5.74, 6) is 0. The molecule has 1 atom stereocenters. The lowest BCUT2D eigenvalue weighted by Gasteiger charge is -2.31. The zero-order chi connectivity index (χ0) is 13.4. The maximum atomic E-state index is 3.47. The minimum Gasteiger partial charge on any atom is -0.361 e. The van der Waals surface area contributed by atoms with Crippen LogP contribution in [0.4, 0.5) is 0 Å². The van der Waals surface area contributed by atoms with Crippen molar-refractivity contribution in [3.8, 4) is 0 Å². The van der Waals surface area contributed by atoms with Gasteiger partial charge in [-0.15, -0.1) is 0 Å². The van der Waals surface area contributed by atoms with E-state index in [1.54, 1.807) is 0 Å². The lowest BCUT2D eigenvalue weighted by molar-refractivity contribution is 0.230. The van der Waals surface area contributed by atoms with Gasteiger partial charge in [-0.05, 0) is 31.0 Å². The number of H-pyrrole nitrogens is 1. The number of nitrogens with zero attached hydrogens (tertiary/aromatic N) is 1. The number of benzene rings is 1. The van der Waals surface area contributed by atoms with Crippen LogP contribution in [0.3, 0.4) is 0 Å². The second-order valence-electron chi connectivity index (χ2n) is 5.87. The zero-order valence-electron chi connectivity index (χ0n) is 11.7. The third kappa shape index (κ3) is 2.07. The van der Waals surface area contributed by atoms with Crippen molar-refractivity contribution in [3.63, 3.8) is 0 Å². The van der Waals surface area contributed by atoms with Crippen LogP contribution in [-0.4, -0.2) is 42.1 Å². The largest absolute Gasteiger partial charge is 0.361 e. The summed E-state index contributed by atoms with van der Waals surface area (Å²) in [5, 5.41) is 4.82. The molecule has 2 aliphatic heterocycles. The van der Waals surface area contributed by atoms with Gasteiger partial charge in [0.05, 0.1) is 0 Å². The van der Waals surface area contributed by atoms with Gasteiger partial charge in [0, 0.05) is 48.3 Å². The molecule has 3 heteroatoms. The summed E-state index contributed by atoms with van der Waals surface area (Å²) < 4.78 is 0. The van der Waals surface area contributed by atoms with Crippen molar-refractivity contribution in [1.29, 1.82) is 0 Å². The minimum absolute atomic E-state index is 0.746. The van der Waals surface area contributed by atoms with Crippen LogP contribution in [0.5, 0.6) is 0 Å². The van der Waals surface area contributed by atoms with Crippen LogP contribution >= 0.6 is 0 Å². The number of nitrogens with one attached hydrogen (secondary N) is 2. The molecule has 3 heterocycles. The number of hydrogen-bond donors (Lipinski definition) is 2. The summed E-state index contributed by atoms with van der Waals surface area (Å²) in [7, 11) is 0. The summed E-state index contributed by atoms with van der Waals surface area (Å²) in [5.41, 5.74) is 4.14. The fraction of sp³-hybridized carbons (Fsp3) is 0.412. The lowest BCUT2D eigenvalue weighted by atomic mass is 9.98.